The van der Waals surface area contributed by atoms with Crippen LogP contribution in [0.25, 0.3) is 5.52 Å². The summed E-state index contributed by atoms with van der Waals surface area (Å²) in [5.74, 6) is 0.162. The summed E-state index contributed by atoms with van der Waals surface area (Å²) in [5, 5.41) is 43.8. The van der Waals surface area contributed by atoms with Gasteiger partial charge in [0, 0.05) is 11.8 Å². The molecule has 0 radical (unpaired) electrons. The Balaban J connectivity index is 1.45. The first kappa shape index (κ1) is 20.8. The molecule has 2 aromatic rings. The van der Waals surface area contributed by atoms with E-state index in [0.29, 0.717) is 11.9 Å². The van der Waals surface area contributed by atoms with E-state index >= 15 is 0 Å². The van der Waals surface area contributed by atoms with Crippen LogP contribution in [0.2, 0.25) is 0 Å². The topological polar surface area (TPSA) is 189 Å². The van der Waals surface area contributed by atoms with Gasteiger partial charge in [0.25, 0.3) is 0 Å². The maximum absolute atomic E-state index is 11.9. The quantitative estimate of drug-likeness (QED) is 0.525. The largest absolute Gasteiger partial charge is 0.508 e. The van der Waals surface area contributed by atoms with Crippen LogP contribution in [0.5, 0.6) is 0 Å². The highest BCUT2D eigenvalue weighted by Crippen LogP contribution is 2.48. The molecule has 4 atom stereocenters. The molecule has 0 unspecified atom stereocenters. The van der Waals surface area contributed by atoms with E-state index in [4.69, 9.17) is 25.2 Å². The lowest BCUT2D eigenvalue weighted by Gasteiger charge is -2.24. The van der Waals surface area contributed by atoms with Crippen LogP contribution in [0, 0.1) is 28.1 Å². The van der Waals surface area contributed by atoms with Crippen molar-refractivity contribution in [1.82, 2.24) is 14.6 Å². The molecule has 1 aliphatic carbocycles. The van der Waals surface area contributed by atoms with Crippen LogP contribution in [0.15, 0.2) is 18.5 Å². The highest BCUT2D eigenvalue weighted by Gasteiger charge is 2.58. The van der Waals surface area contributed by atoms with Crippen molar-refractivity contribution in [1.29, 1.82) is 10.5 Å². The summed E-state index contributed by atoms with van der Waals surface area (Å²) >= 11 is 0. The molecule has 31 heavy (non-hydrogen) atoms. The molecule has 12 nitrogen and oxygen atoms in total. The van der Waals surface area contributed by atoms with Crippen LogP contribution in [-0.2, 0) is 19.8 Å². The van der Waals surface area contributed by atoms with Gasteiger partial charge in [0.2, 0.25) is 5.60 Å². The van der Waals surface area contributed by atoms with Gasteiger partial charge in [0.1, 0.15) is 49.4 Å². The van der Waals surface area contributed by atoms with E-state index in [1.807, 2.05) is 6.07 Å². The van der Waals surface area contributed by atoms with Crippen molar-refractivity contribution in [2.45, 2.75) is 43.2 Å². The highest BCUT2D eigenvalue weighted by atomic mass is 16.7. The van der Waals surface area contributed by atoms with Crippen molar-refractivity contribution >= 4 is 17.5 Å². The minimum Gasteiger partial charge on any atom is -0.434 e. The Kier molecular flexibility index (Phi) is 5.15. The van der Waals surface area contributed by atoms with Gasteiger partial charge in [-0.25, -0.2) is 14.3 Å². The summed E-state index contributed by atoms with van der Waals surface area (Å²) in [6.45, 7) is -0.387. The molecule has 0 bridgehead atoms. The monoisotopic (exact) mass is 428 g/mol. The number of carbonyl (C=O) groups is 1. The van der Waals surface area contributed by atoms with E-state index in [9.17, 15) is 20.3 Å². The first-order valence-electron chi connectivity index (χ1n) is 9.56. The lowest BCUT2D eigenvalue weighted by Crippen LogP contribution is -2.41. The van der Waals surface area contributed by atoms with Crippen LogP contribution >= 0.6 is 0 Å². The number of hydrogen-bond acceptors (Lipinski definition) is 11. The number of fused-ring (bicyclic) bond motifs is 1. The molecular formula is C19H20N6O6. The van der Waals surface area contributed by atoms with Gasteiger partial charge in [-0.3, -0.25) is 0 Å². The smallest absolute Gasteiger partial charge is 0.434 e. The number of aliphatic hydroxyl groups is 2. The molecule has 0 spiro atoms. The Labute approximate surface area is 176 Å². The standard InChI is InChI=1S/C19H20N6O6/c20-6-5-18(3-4-18)9-30-17(28)29-7-12-14(26)15(27)19(8-21,31-12)13-2-1-11-16(22)23-10-24-25(11)13/h1-2,10,12,14-15,26-27H,3-5,7,9H2,(H2,22,23,24)/t12-,14-,15-,19+/m1/s1. The minimum absolute atomic E-state index is 0.0650. The van der Waals surface area contributed by atoms with Crippen molar-refractivity contribution in [3.63, 3.8) is 0 Å². The van der Waals surface area contributed by atoms with E-state index in [2.05, 4.69) is 16.2 Å². The number of aromatic nitrogens is 3. The fourth-order valence-corrected chi connectivity index (χ4v) is 3.67. The van der Waals surface area contributed by atoms with Gasteiger partial charge in [-0.2, -0.15) is 15.6 Å². The fourth-order valence-electron chi connectivity index (χ4n) is 3.67. The molecule has 3 heterocycles. The molecule has 4 rings (SSSR count). The number of nitrogens with zero attached hydrogens (tertiary/aromatic N) is 5. The average Bonchev–Trinajstić information content (AvgIpc) is 3.31. The van der Waals surface area contributed by atoms with Crippen LogP contribution < -0.4 is 5.73 Å². The Morgan fingerprint density at radius 1 is 1.35 bits per heavy atom. The van der Waals surface area contributed by atoms with E-state index < -0.39 is 36.7 Å². The molecule has 1 aliphatic heterocycles. The lowest BCUT2D eigenvalue weighted by atomic mass is 9.92. The molecule has 162 valence electrons. The summed E-state index contributed by atoms with van der Waals surface area (Å²) in [6, 6.07) is 7.01. The molecule has 12 heteroatoms. The number of nitrogens with two attached hydrogens (primary N) is 1. The predicted molar refractivity (Wildman–Crippen MR) is 101 cm³/mol. The van der Waals surface area contributed by atoms with Crippen molar-refractivity contribution in [2.75, 3.05) is 18.9 Å². The van der Waals surface area contributed by atoms with Crippen LogP contribution in [0.4, 0.5) is 10.6 Å². The summed E-state index contributed by atoms with van der Waals surface area (Å²) in [4.78, 5) is 15.8. The van der Waals surface area contributed by atoms with Gasteiger partial charge in [-0.15, -0.1) is 0 Å². The lowest BCUT2D eigenvalue weighted by molar-refractivity contribution is -0.0729. The molecule has 1 saturated heterocycles. The number of hydrogen-bond donors (Lipinski definition) is 3. The predicted octanol–water partition coefficient (Wildman–Crippen LogP) is -0.00194. The van der Waals surface area contributed by atoms with E-state index in [1.54, 1.807) is 6.07 Å². The first-order chi connectivity index (χ1) is 14.9. The van der Waals surface area contributed by atoms with Gasteiger partial charge in [0.15, 0.2) is 5.82 Å². The second-order valence-electron chi connectivity index (χ2n) is 7.78. The van der Waals surface area contributed by atoms with E-state index in [-0.39, 0.29) is 23.5 Å². The third kappa shape index (κ3) is 3.51. The molecule has 1 saturated carbocycles. The molecule has 2 fully saturated rings. The summed E-state index contributed by atoms with van der Waals surface area (Å²) in [7, 11) is 0. The zero-order valence-electron chi connectivity index (χ0n) is 16.3. The van der Waals surface area contributed by atoms with Gasteiger partial charge in [-0.05, 0) is 25.0 Å². The summed E-state index contributed by atoms with van der Waals surface area (Å²) < 4.78 is 17.1. The number of carbonyl (C=O) groups excluding carboxylic acids is 1. The number of nitrogen functional groups attached to an aromatic ring is 1. The fraction of sp³-hybridized carbons (Fsp3) is 0.526. The second kappa shape index (κ2) is 7.67. The van der Waals surface area contributed by atoms with Crippen LogP contribution in [0.3, 0.4) is 0 Å². The van der Waals surface area contributed by atoms with Crippen molar-refractivity contribution < 1.29 is 29.2 Å². The molecule has 2 aliphatic rings. The number of rotatable bonds is 6. The molecule has 0 amide bonds. The number of nitriles is 2. The Bertz CT molecular complexity index is 1090. The zero-order chi connectivity index (χ0) is 22.2. The molecule has 4 N–H and O–H groups in total. The SMILES string of the molecule is N#CCC1(COC(=O)OC[C@H]2O[C@@](C#N)(c3ccc4c(N)ncnn34)[C@H](O)[C@@H]2O)CC1. The molecule has 2 aromatic heterocycles. The number of anilines is 1. The molecular weight excluding hydrogens is 408 g/mol. The maximum atomic E-state index is 11.9. The van der Waals surface area contributed by atoms with E-state index in [1.165, 1.54) is 16.9 Å². The van der Waals surface area contributed by atoms with Gasteiger partial charge in [0.05, 0.1) is 11.8 Å². The van der Waals surface area contributed by atoms with Crippen molar-refractivity contribution in [3.05, 3.63) is 24.2 Å². The zero-order valence-corrected chi connectivity index (χ0v) is 16.3. The third-order valence-electron chi connectivity index (χ3n) is 5.76. The average molecular weight is 428 g/mol. The Morgan fingerprint density at radius 3 is 2.81 bits per heavy atom. The van der Waals surface area contributed by atoms with E-state index in [0.717, 1.165) is 12.8 Å². The van der Waals surface area contributed by atoms with Gasteiger partial charge in [-0.1, -0.05) is 0 Å². The number of aliphatic hydroxyl groups excluding tert-OH is 2. The Hall–Kier alpha value is -3.45. The normalized spacial score (nSPS) is 28.6. The Morgan fingerprint density at radius 2 is 2.13 bits per heavy atom. The van der Waals surface area contributed by atoms with Crippen LogP contribution in [0.1, 0.15) is 25.0 Å². The first-order valence-corrected chi connectivity index (χ1v) is 9.56. The minimum atomic E-state index is -1.98. The second-order valence-corrected chi connectivity index (χ2v) is 7.78. The van der Waals surface area contributed by atoms with Gasteiger partial charge >= 0.3 is 6.16 Å². The highest BCUT2D eigenvalue weighted by molar-refractivity contribution is 5.66. The number of ether oxygens (including phenoxy) is 3. The van der Waals surface area contributed by atoms with Crippen molar-refractivity contribution in [2.24, 2.45) is 5.41 Å². The molecule has 0 aromatic carbocycles. The maximum Gasteiger partial charge on any atom is 0.508 e. The summed E-state index contributed by atoms with van der Waals surface area (Å²) in [6.07, 6.45) is -2.28. The third-order valence-corrected chi connectivity index (χ3v) is 5.76. The van der Waals surface area contributed by atoms with Gasteiger partial charge < -0.3 is 30.2 Å². The van der Waals surface area contributed by atoms with Crippen molar-refractivity contribution in [3.8, 4) is 12.1 Å². The summed E-state index contributed by atoms with van der Waals surface area (Å²) in [5.41, 5.74) is 4.07. The van der Waals surface area contributed by atoms with Crippen LogP contribution in [-0.4, -0.2) is 62.5 Å².